The molecule has 0 heterocycles. The zero-order valence-electron chi connectivity index (χ0n) is 10.4. The Kier molecular flexibility index (Phi) is 7.00. The Bertz CT molecular complexity index is 422. The number of hydrogen-bond donors (Lipinski definition) is 3. The van der Waals surface area contributed by atoms with Crippen LogP contribution in [0.2, 0.25) is 0 Å². The van der Waals surface area contributed by atoms with Crippen LogP contribution in [0.1, 0.15) is 24.2 Å². The minimum Gasteiger partial charge on any atom is -0.350 e. The highest BCUT2D eigenvalue weighted by Gasteiger charge is 2.12. The summed E-state index contributed by atoms with van der Waals surface area (Å²) in [7, 11) is 0. The van der Waals surface area contributed by atoms with Gasteiger partial charge in [-0.2, -0.15) is 0 Å². The average Bonchev–Trinajstić information content (AvgIpc) is 2.28. The number of anilines is 1. The Morgan fingerprint density at radius 3 is 2.44 bits per heavy atom. The molecule has 18 heavy (non-hydrogen) atoms. The van der Waals surface area contributed by atoms with Gasteiger partial charge in [-0.05, 0) is 26.0 Å². The predicted molar refractivity (Wildman–Crippen MR) is 74.0 cm³/mol. The molecule has 0 radical (unpaired) electrons. The van der Waals surface area contributed by atoms with Crippen molar-refractivity contribution in [2.45, 2.75) is 19.9 Å². The molecule has 0 aliphatic rings. The number of nitrogens with one attached hydrogen (secondary N) is 2. The summed E-state index contributed by atoms with van der Waals surface area (Å²) in [5, 5.41) is 5.36. The van der Waals surface area contributed by atoms with Crippen molar-refractivity contribution in [3.05, 3.63) is 29.8 Å². The van der Waals surface area contributed by atoms with Gasteiger partial charge < -0.3 is 16.4 Å². The first-order valence-electron chi connectivity index (χ1n) is 5.44. The highest BCUT2D eigenvalue weighted by atomic mass is 35.5. The second-order valence-electron chi connectivity index (χ2n) is 3.93. The third-order valence-electron chi connectivity index (χ3n) is 2.05. The van der Waals surface area contributed by atoms with Crippen LogP contribution in [0, 0.1) is 0 Å². The van der Waals surface area contributed by atoms with Gasteiger partial charge in [-0.3, -0.25) is 9.59 Å². The van der Waals surface area contributed by atoms with Gasteiger partial charge in [0.15, 0.2) is 0 Å². The van der Waals surface area contributed by atoms with E-state index in [1.807, 2.05) is 13.8 Å². The van der Waals surface area contributed by atoms with Crippen LogP contribution in [0.4, 0.5) is 5.69 Å². The molecule has 4 N–H and O–H groups in total. The summed E-state index contributed by atoms with van der Waals surface area (Å²) in [5.74, 6) is -0.539. The topological polar surface area (TPSA) is 84.2 Å². The number of halogens is 1. The monoisotopic (exact) mass is 271 g/mol. The Labute approximate surface area is 113 Å². The van der Waals surface area contributed by atoms with E-state index in [9.17, 15) is 9.59 Å². The van der Waals surface area contributed by atoms with Crippen LogP contribution < -0.4 is 16.4 Å². The molecule has 0 aromatic heterocycles. The largest absolute Gasteiger partial charge is 0.350 e. The summed E-state index contributed by atoms with van der Waals surface area (Å²) in [4.78, 5) is 23.1. The molecular formula is C12H18ClN3O2. The van der Waals surface area contributed by atoms with Crippen molar-refractivity contribution in [3.63, 3.8) is 0 Å². The molecule has 0 unspecified atom stereocenters. The molecule has 0 atom stereocenters. The van der Waals surface area contributed by atoms with Gasteiger partial charge in [-0.15, -0.1) is 12.4 Å². The van der Waals surface area contributed by atoms with Crippen LogP contribution in [0.3, 0.4) is 0 Å². The molecule has 1 aromatic rings. The maximum Gasteiger partial charge on any atom is 0.253 e. The summed E-state index contributed by atoms with van der Waals surface area (Å²) in [6.45, 7) is 3.64. The predicted octanol–water partition coefficient (Wildman–Crippen LogP) is 1.14. The van der Waals surface area contributed by atoms with Crippen molar-refractivity contribution in [1.82, 2.24) is 5.32 Å². The minimum atomic E-state index is -0.324. The number of para-hydroxylation sites is 1. The lowest BCUT2D eigenvalue weighted by atomic mass is 10.1. The van der Waals surface area contributed by atoms with E-state index in [4.69, 9.17) is 5.73 Å². The molecule has 0 fully saturated rings. The van der Waals surface area contributed by atoms with E-state index in [1.54, 1.807) is 24.3 Å². The van der Waals surface area contributed by atoms with Crippen molar-refractivity contribution < 1.29 is 9.59 Å². The third kappa shape index (κ3) is 4.73. The molecule has 1 rings (SSSR count). The molecule has 5 nitrogen and oxygen atoms in total. The van der Waals surface area contributed by atoms with Gasteiger partial charge in [0.05, 0.1) is 17.8 Å². The fourth-order valence-corrected chi connectivity index (χ4v) is 1.33. The number of carbonyl (C=O) groups is 2. The number of rotatable bonds is 4. The number of amides is 2. The van der Waals surface area contributed by atoms with E-state index < -0.39 is 0 Å². The van der Waals surface area contributed by atoms with Crippen LogP contribution in [0.5, 0.6) is 0 Å². The highest BCUT2D eigenvalue weighted by molar-refractivity contribution is 6.04. The fraction of sp³-hybridized carbons (Fsp3) is 0.333. The quantitative estimate of drug-likeness (QED) is 0.768. The van der Waals surface area contributed by atoms with Gasteiger partial charge in [-0.25, -0.2) is 0 Å². The second kappa shape index (κ2) is 7.68. The molecule has 0 bridgehead atoms. The molecular weight excluding hydrogens is 254 g/mol. The van der Waals surface area contributed by atoms with Crippen LogP contribution in [-0.4, -0.2) is 24.4 Å². The Balaban J connectivity index is 0.00000289. The van der Waals surface area contributed by atoms with E-state index in [0.717, 1.165) is 0 Å². The molecule has 1 aromatic carbocycles. The lowest BCUT2D eigenvalue weighted by molar-refractivity contribution is -0.114. The number of carbonyl (C=O) groups excluding carboxylic acids is 2. The van der Waals surface area contributed by atoms with Gasteiger partial charge in [0.25, 0.3) is 5.91 Å². The van der Waals surface area contributed by atoms with Crippen LogP contribution in [0.15, 0.2) is 24.3 Å². The lowest BCUT2D eigenvalue weighted by Gasteiger charge is -2.12. The molecule has 2 amide bonds. The van der Waals surface area contributed by atoms with Crippen molar-refractivity contribution >= 4 is 29.9 Å². The van der Waals surface area contributed by atoms with Gasteiger partial charge in [0.1, 0.15) is 0 Å². The van der Waals surface area contributed by atoms with Gasteiger partial charge in [0.2, 0.25) is 5.91 Å². The molecule has 0 aliphatic carbocycles. The maximum absolute atomic E-state index is 11.9. The molecule has 6 heteroatoms. The summed E-state index contributed by atoms with van der Waals surface area (Å²) in [5.41, 5.74) is 6.12. The maximum atomic E-state index is 11.9. The molecule has 0 spiro atoms. The van der Waals surface area contributed by atoms with E-state index in [2.05, 4.69) is 10.6 Å². The normalized spacial score (nSPS) is 9.56. The number of hydrogen-bond acceptors (Lipinski definition) is 3. The highest BCUT2D eigenvalue weighted by Crippen LogP contribution is 2.14. The van der Waals surface area contributed by atoms with Crippen LogP contribution >= 0.6 is 12.4 Å². The summed E-state index contributed by atoms with van der Waals surface area (Å²) in [6, 6.07) is 6.86. The molecule has 0 aliphatic heterocycles. The lowest BCUT2D eigenvalue weighted by Crippen LogP contribution is -2.31. The Morgan fingerprint density at radius 2 is 1.89 bits per heavy atom. The molecule has 0 saturated heterocycles. The summed E-state index contributed by atoms with van der Waals surface area (Å²) >= 11 is 0. The second-order valence-corrected chi connectivity index (χ2v) is 3.93. The SMILES string of the molecule is CC(C)NC(=O)c1ccccc1NC(=O)CN.Cl. The summed E-state index contributed by atoms with van der Waals surface area (Å²) in [6.07, 6.45) is 0. The minimum absolute atomic E-state index is 0. The first-order chi connectivity index (χ1) is 8.04. The van der Waals surface area contributed by atoms with E-state index in [-0.39, 0.29) is 36.8 Å². The van der Waals surface area contributed by atoms with E-state index in [0.29, 0.717) is 11.3 Å². The van der Waals surface area contributed by atoms with Crippen molar-refractivity contribution in [2.75, 3.05) is 11.9 Å². The fourth-order valence-electron chi connectivity index (χ4n) is 1.33. The van der Waals surface area contributed by atoms with Crippen LogP contribution in [-0.2, 0) is 4.79 Å². The van der Waals surface area contributed by atoms with Gasteiger partial charge in [0, 0.05) is 6.04 Å². The smallest absolute Gasteiger partial charge is 0.253 e. The Hall–Kier alpha value is -1.59. The van der Waals surface area contributed by atoms with E-state index in [1.165, 1.54) is 0 Å². The van der Waals surface area contributed by atoms with Crippen LogP contribution in [0.25, 0.3) is 0 Å². The first kappa shape index (κ1) is 16.4. The third-order valence-corrected chi connectivity index (χ3v) is 2.05. The number of benzene rings is 1. The number of nitrogens with two attached hydrogens (primary N) is 1. The average molecular weight is 272 g/mol. The Morgan fingerprint density at radius 1 is 1.28 bits per heavy atom. The van der Waals surface area contributed by atoms with E-state index >= 15 is 0 Å². The standard InChI is InChI=1S/C12H17N3O2.ClH/c1-8(2)14-12(17)9-5-3-4-6-10(9)15-11(16)7-13;/h3-6,8H,7,13H2,1-2H3,(H,14,17)(H,15,16);1H. The van der Waals surface area contributed by atoms with Gasteiger partial charge >= 0.3 is 0 Å². The first-order valence-corrected chi connectivity index (χ1v) is 5.44. The molecule has 100 valence electrons. The zero-order valence-corrected chi connectivity index (χ0v) is 11.2. The molecule has 0 saturated carbocycles. The van der Waals surface area contributed by atoms with Crippen molar-refractivity contribution in [2.24, 2.45) is 5.73 Å². The zero-order chi connectivity index (χ0) is 12.8. The van der Waals surface area contributed by atoms with Crippen molar-refractivity contribution in [3.8, 4) is 0 Å². The van der Waals surface area contributed by atoms with Gasteiger partial charge in [-0.1, -0.05) is 12.1 Å². The van der Waals surface area contributed by atoms with Crippen molar-refractivity contribution in [1.29, 1.82) is 0 Å². The summed E-state index contributed by atoms with van der Waals surface area (Å²) < 4.78 is 0.